The molecule has 23 heavy (non-hydrogen) atoms. The summed E-state index contributed by atoms with van der Waals surface area (Å²) < 4.78 is 11.1. The van der Waals surface area contributed by atoms with Gasteiger partial charge in [0.25, 0.3) is 0 Å². The summed E-state index contributed by atoms with van der Waals surface area (Å²) in [6.45, 7) is 3.15. The van der Waals surface area contributed by atoms with Gasteiger partial charge in [-0.3, -0.25) is 4.79 Å². The summed E-state index contributed by atoms with van der Waals surface area (Å²) in [6, 6.07) is 5.88. The van der Waals surface area contributed by atoms with E-state index in [1.165, 1.54) is 12.8 Å². The Hall–Kier alpha value is -2.01. The van der Waals surface area contributed by atoms with E-state index in [4.69, 9.17) is 9.47 Å². The van der Waals surface area contributed by atoms with Crippen molar-refractivity contribution in [2.45, 2.75) is 32.3 Å². The van der Waals surface area contributed by atoms with Gasteiger partial charge in [0.2, 0.25) is 5.91 Å². The smallest absolute Gasteiger partial charge is 0.224 e. The van der Waals surface area contributed by atoms with Crippen molar-refractivity contribution < 1.29 is 14.3 Å². The van der Waals surface area contributed by atoms with Crippen molar-refractivity contribution >= 4 is 16.8 Å². The van der Waals surface area contributed by atoms with E-state index in [-0.39, 0.29) is 12.0 Å². The minimum atomic E-state index is 0.0138. The van der Waals surface area contributed by atoms with Gasteiger partial charge in [0.15, 0.2) is 0 Å². The Kier molecular flexibility index (Phi) is 4.86. The number of carbonyl (C=O) groups is 1. The number of hydrogen-bond acceptors (Lipinski definition) is 3. The van der Waals surface area contributed by atoms with Crippen LogP contribution in [0, 0.1) is 5.92 Å². The molecular weight excluding hydrogens is 292 g/mol. The van der Waals surface area contributed by atoms with E-state index in [9.17, 15) is 4.79 Å². The molecule has 1 heterocycles. The van der Waals surface area contributed by atoms with Gasteiger partial charge in [-0.15, -0.1) is 0 Å². The lowest BCUT2D eigenvalue weighted by Gasteiger charge is -2.15. The molecule has 1 atom stereocenters. The molecule has 0 radical (unpaired) electrons. The van der Waals surface area contributed by atoms with E-state index in [1.807, 2.05) is 31.3 Å². The van der Waals surface area contributed by atoms with Crippen molar-refractivity contribution in [3.63, 3.8) is 0 Å². The molecule has 5 heteroatoms. The SMILES string of the molecule is CCOc1cccc2[nH]cc(CC(=O)NC[C@H](OC)C3CC3)c12. The molecule has 0 aliphatic heterocycles. The molecule has 2 aromatic rings. The average molecular weight is 316 g/mol. The van der Waals surface area contributed by atoms with Crippen LogP contribution in [0.15, 0.2) is 24.4 Å². The zero-order valence-corrected chi connectivity index (χ0v) is 13.7. The average Bonchev–Trinajstić information content (AvgIpc) is 3.30. The van der Waals surface area contributed by atoms with Crippen LogP contribution in [0.3, 0.4) is 0 Å². The van der Waals surface area contributed by atoms with E-state index in [1.54, 1.807) is 7.11 Å². The lowest BCUT2D eigenvalue weighted by molar-refractivity contribution is -0.121. The summed E-state index contributed by atoms with van der Waals surface area (Å²) in [5, 5.41) is 3.99. The monoisotopic (exact) mass is 316 g/mol. The van der Waals surface area contributed by atoms with Crippen molar-refractivity contribution in [1.29, 1.82) is 0 Å². The molecule has 1 saturated carbocycles. The zero-order valence-electron chi connectivity index (χ0n) is 13.7. The highest BCUT2D eigenvalue weighted by Crippen LogP contribution is 2.33. The molecular formula is C18H24N2O3. The van der Waals surface area contributed by atoms with Crippen molar-refractivity contribution in [3.05, 3.63) is 30.0 Å². The maximum Gasteiger partial charge on any atom is 0.224 e. The first-order valence-electron chi connectivity index (χ1n) is 8.24. The van der Waals surface area contributed by atoms with Gasteiger partial charge in [0.05, 0.1) is 19.1 Å². The molecule has 124 valence electrons. The molecule has 1 aliphatic rings. The Labute approximate surface area is 136 Å². The predicted molar refractivity (Wildman–Crippen MR) is 89.7 cm³/mol. The van der Waals surface area contributed by atoms with Crippen molar-refractivity contribution in [1.82, 2.24) is 10.3 Å². The summed E-state index contributed by atoms with van der Waals surface area (Å²) in [4.78, 5) is 15.5. The number of carbonyl (C=O) groups excluding carboxylic acids is 1. The van der Waals surface area contributed by atoms with Crippen LogP contribution in [0.4, 0.5) is 0 Å². The molecule has 0 spiro atoms. The van der Waals surface area contributed by atoms with Gasteiger partial charge in [0.1, 0.15) is 5.75 Å². The fraction of sp³-hybridized carbons (Fsp3) is 0.500. The number of fused-ring (bicyclic) bond motifs is 1. The van der Waals surface area contributed by atoms with Gasteiger partial charge in [-0.2, -0.15) is 0 Å². The number of rotatable bonds is 8. The van der Waals surface area contributed by atoms with Crippen LogP contribution in [0.5, 0.6) is 5.75 Å². The van der Waals surface area contributed by atoms with Crippen molar-refractivity contribution in [2.75, 3.05) is 20.3 Å². The number of H-pyrrole nitrogens is 1. The Morgan fingerprint density at radius 1 is 1.43 bits per heavy atom. The minimum Gasteiger partial charge on any atom is -0.493 e. The Morgan fingerprint density at radius 3 is 2.96 bits per heavy atom. The highest BCUT2D eigenvalue weighted by atomic mass is 16.5. The third-order valence-electron chi connectivity index (χ3n) is 4.35. The molecule has 1 fully saturated rings. The van der Waals surface area contributed by atoms with Gasteiger partial charge < -0.3 is 19.8 Å². The van der Waals surface area contributed by atoms with E-state index >= 15 is 0 Å². The van der Waals surface area contributed by atoms with Crippen LogP contribution in [0.25, 0.3) is 10.9 Å². The summed E-state index contributed by atoms with van der Waals surface area (Å²) >= 11 is 0. The second kappa shape index (κ2) is 7.04. The molecule has 1 amide bonds. The molecule has 0 bridgehead atoms. The minimum absolute atomic E-state index is 0.0138. The van der Waals surface area contributed by atoms with Gasteiger partial charge >= 0.3 is 0 Å². The number of aromatic nitrogens is 1. The molecule has 1 aromatic heterocycles. The predicted octanol–water partition coefficient (Wildman–Crippen LogP) is 2.65. The standard InChI is InChI=1S/C18H24N2O3/c1-3-23-15-6-4-5-14-18(15)13(10-19-14)9-17(21)20-11-16(22-2)12-7-8-12/h4-6,10,12,16,19H,3,7-9,11H2,1-2H3,(H,20,21)/t16-/m0/s1. The maximum atomic E-state index is 12.3. The fourth-order valence-corrected chi connectivity index (χ4v) is 3.00. The van der Waals surface area contributed by atoms with E-state index < -0.39 is 0 Å². The van der Waals surface area contributed by atoms with Crippen molar-refractivity contribution in [2.24, 2.45) is 5.92 Å². The van der Waals surface area contributed by atoms with E-state index in [0.717, 1.165) is 22.2 Å². The molecule has 0 unspecified atom stereocenters. The summed E-state index contributed by atoms with van der Waals surface area (Å²) in [6.07, 6.45) is 4.77. The fourth-order valence-electron chi connectivity index (χ4n) is 3.00. The number of amides is 1. The number of methoxy groups -OCH3 is 1. The molecule has 2 N–H and O–H groups in total. The van der Waals surface area contributed by atoms with Gasteiger partial charge in [0, 0.05) is 30.8 Å². The lowest BCUT2D eigenvalue weighted by Crippen LogP contribution is -2.35. The summed E-state index contributed by atoms with van der Waals surface area (Å²) in [5.74, 6) is 1.44. The first-order valence-corrected chi connectivity index (χ1v) is 8.24. The number of benzene rings is 1. The maximum absolute atomic E-state index is 12.3. The van der Waals surface area contributed by atoms with Gasteiger partial charge in [-0.1, -0.05) is 6.07 Å². The number of hydrogen-bond donors (Lipinski definition) is 2. The number of ether oxygens (including phenoxy) is 2. The normalized spacial score (nSPS) is 15.6. The molecule has 5 nitrogen and oxygen atoms in total. The number of aromatic amines is 1. The zero-order chi connectivity index (χ0) is 16.2. The Bertz CT molecular complexity index is 676. The third kappa shape index (κ3) is 3.67. The van der Waals surface area contributed by atoms with E-state index in [0.29, 0.717) is 25.5 Å². The quantitative estimate of drug-likeness (QED) is 0.787. The van der Waals surface area contributed by atoms with Crippen LogP contribution in [0.2, 0.25) is 0 Å². The largest absolute Gasteiger partial charge is 0.493 e. The van der Waals surface area contributed by atoms with Crippen LogP contribution >= 0.6 is 0 Å². The van der Waals surface area contributed by atoms with E-state index in [2.05, 4.69) is 10.3 Å². The Morgan fingerprint density at radius 2 is 2.26 bits per heavy atom. The van der Waals surface area contributed by atoms with Crippen LogP contribution in [-0.4, -0.2) is 37.3 Å². The third-order valence-corrected chi connectivity index (χ3v) is 4.35. The second-order valence-corrected chi connectivity index (χ2v) is 6.02. The second-order valence-electron chi connectivity index (χ2n) is 6.02. The lowest BCUT2D eigenvalue weighted by atomic mass is 10.1. The summed E-state index contributed by atoms with van der Waals surface area (Å²) in [5.41, 5.74) is 1.95. The van der Waals surface area contributed by atoms with Crippen LogP contribution < -0.4 is 10.1 Å². The molecule has 1 aliphatic carbocycles. The van der Waals surface area contributed by atoms with Crippen LogP contribution in [0.1, 0.15) is 25.3 Å². The summed E-state index contributed by atoms with van der Waals surface area (Å²) in [7, 11) is 1.71. The number of nitrogens with one attached hydrogen (secondary N) is 2. The first-order chi connectivity index (χ1) is 11.2. The molecule has 3 rings (SSSR count). The van der Waals surface area contributed by atoms with Crippen molar-refractivity contribution in [3.8, 4) is 5.75 Å². The molecule has 1 aromatic carbocycles. The highest BCUT2D eigenvalue weighted by Gasteiger charge is 2.31. The highest BCUT2D eigenvalue weighted by molar-refractivity contribution is 5.93. The van der Waals surface area contributed by atoms with Gasteiger partial charge in [-0.25, -0.2) is 0 Å². The molecule has 0 saturated heterocycles. The Balaban J connectivity index is 1.67. The first kappa shape index (κ1) is 15.9. The van der Waals surface area contributed by atoms with Crippen LogP contribution in [-0.2, 0) is 16.0 Å². The van der Waals surface area contributed by atoms with Gasteiger partial charge in [-0.05, 0) is 43.4 Å². The topological polar surface area (TPSA) is 63.4 Å².